The summed E-state index contributed by atoms with van der Waals surface area (Å²) in [5.74, 6) is 0.514. The normalized spacial score (nSPS) is 11.5. The highest BCUT2D eigenvalue weighted by atomic mass is 79.9. The van der Waals surface area contributed by atoms with Gasteiger partial charge in [0.05, 0.1) is 22.8 Å². The van der Waals surface area contributed by atoms with Gasteiger partial charge in [0.2, 0.25) is 0 Å². The molecule has 0 saturated carbocycles. The van der Waals surface area contributed by atoms with Crippen LogP contribution in [0.25, 0.3) is 11.3 Å². The number of carbonyl (C=O) groups is 1. The van der Waals surface area contributed by atoms with Gasteiger partial charge >= 0.3 is 6.18 Å². The highest BCUT2D eigenvalue weighted by Crippen LogP contribution is 2.31. The largest absolute Gasteiger partial charge is 0.496 e. The summed E-state index contributed by atoms with van der Waals surface area (Å²) in [6, 6.07) is 12.0. The van der Waals surface area contributed by atoms with Crippen molar-refractivity contribution in [2.75, 3.05) is 20.7 Å². The van der Waals surface area contributed by atoms with Crippen LogP contribution in [0.1, 0.15) is 21.6 Å². The first-order valence-electron chi connectivity index (χ1n) is 9.39. The van der Waals surface area contributed by atoms with Crippen molar-refractivity contribution in [3.63, 3.8) is 0 Å². The minimum atomic E-state index is -4.40. The molecule has 0 aliphatic rings. The van der Waals surface area contributed by atoms with Crippen LogP contribution in [0.2, 0.25) is 0 Å². The van der Waals surface area contributed by atoms with Gasteiger partial charge < -0.3 is 9.64 Å². The second-order valence-corrected chi connectivity index (χ2v) is 7.91. The highest BCUT2D eigenvalue weighted by molar-refractivity contribution is 9.10. The number of amides is 1. The van der Waals surface area contributed by atoms with Gasteiger partial charge in [0.1, 0.15) is 11.4 Å². The SMILES string of the molecule is COc1ccc(CCN(C)C(=O)c2cc(-c3ccc(C(F)(F)F)cc3)nn2C)cc1Br. The molecular weight excluding hydrogens is 475 g/mol. The van der Waals surface area contributed by atoms with E-state index in [9.17, 15) is 18.0 Å². The van der Waals surface area contributed by atoms with E-state index in [0.29, 0.717) is 29.9 Å². The Morgan fingerprint density at radius 2 is 1.84 bits per heavy atom. The number of halogens is 4. The third-order valence-corrected chi connectivity index (χ3v) is 5.53. The fourth-order valence-corrected chi connectivity index (χ4v) is 3.69. The average Bonchev–Trinajstić information content (AvgIpc) is 3.12. The van der Waals surface area contributed by atoms with Gasteiger partial charge in [-0.15, -0.1) is 0 Å². The molecule has 31 heavy (non-hydrogen) atoms. The number of alkyl halides is 3. The second kappa shape index (κ2) is 9.13. The van der Waals surface area contributed by atoms with E-state index in [2.05, 4.69) is 21.0 Å². The molecule has 1 aromatic heterocycles. The lowest BCUT2D eigenvalue weighted by Gasteiger charge is -2.17. The number of likely N-dealkylation sites (N-methyl/N-ethyl adjacent to an activating group) is 1. The molecule has 0 unspecified atom stereocenters. The highest BCUT2D eigenvalue weighted by Gasteiger charge is 2.30. The van der Waals surface area contributed by atoms with Crippen LogP contribution < -0.4 is 4.74 Å². The van der Waals surface area contributed by atoms with Gasteiger partial charge in [-0.05, 0) is 58.2 Å². The minimum Gasteiger partial charge on any atom is -0.496 e. The topological polar surface area (TPSA) is 47.4 Å². The zero-order chi connectivity index (χ0) is 22.8. The molecule has 2 aromatic carbocycles. The van der Waals surface area contributed by atoms with Crippen molar-refractivity contribution in [1.29, 1.82) is 0 Å². The Bertz CT molecular complexity index is 1080. The Balaban J connectivity index is 1.70. The molecule has 0 fully saturated rings. The van der Waals surface area contributed by atoms with Gasteiger partial charge in [-0.3, -0.25) is 9.48 Å². The van der Waals surface area contributed by atoms with Crippen LogP contribution >= 0.6 is 15.9 Å². The van der Waals surface area contributed by atoms with Crippen molar-refractivity contribution in [2.24, 2.45) is 7.05 Å². The van der Waals surface area contributed by atoms with E-state index in [0.717, 1.165) is 27.9 Å². The monoisotopic (exact) mass is 495 g/mol. The lowest BCUT2D eigenvalue weighted by molar-refractivity contribution is -0.137. The number of aromatic nitrogens is 2. The summed E-state index contributed by atoms with van der Waals surface area (Å²) in [6.07, 6.45) is -3.75. The van der Waals surface area contributed by atoms with Gasteiger partial charge in [0.15, 0.2) is 0 Å². The van der Waals surface area contributed by atoms with Crippen LogP contribution in [0.3, 0.4) is 0 Å². The standard InChI is InChI=1S/C22H21BrF3N3O2/c1-28(11-10-14-4-9-20(31-3)17(23)12-14)21(30)19-13-18(27-29(19)2)15-5-7-16(8-6-15)22(24,25)26/h4-9,12-13H,10-11H2,1-3H3. The zero-order valence-corrected chi connectivity index (χ0v) is 18.8. The molecule has 0 spiro atoms. The molecule has 164 valence electrons. The number of carbonyl (C=O) groups excluding carboxylic acids is 1. The fraction of sp³-hybridized carbons (Fsp3) is 0.273. The van der Waals surface area contributed by atoms with E-state index in [1.54, 1.807) is 32.2 Å². The van der Waals surface area contributed by atoms with Crippen LogP contribution in [0.4, 0.5) is 13.2 Å². The van der Waals surface area contributed by atoms with E-state index in [4.69, 9.17) is 4.74 Å². The smallest absolute Gasteiger partial charge is 0.416 e. The summed E-state index contributed by atoms with van der Waals surface area (Å²) >= 11 is 3.45. The van der Waals surface area contributed by atoms with Gasteiger partial charge in [0, 0.05) is 26.2 Å². The van der Waals surface area contributed by atoms with Crippen molar-refractivity contribution >= 4 is 21.8 Å². The lowest BCUT2D eigenvalue weighted by Crippen LogP contribution is -2.30. The van der Waals surface area contributed by atoms with Gasteiger partial charge in [-0.25, -0.2) is 0 Å². The molecule has 0 radical (unpaired) electrons. The molecule has 0 N–H and O–H groups in total. The van der Waals surface area contributed by atoms with Crippen LogP contribution in [0, 0.1) is 0 Å². The molecule has 0 aliphatic heterocycles. The average molecular weight is 496 g/mol. The van der Waals surface area contributed by atoms with Crippen LogP contribution in [-0.4, -0.2) is 41.3 Å². The lowest BCUT2D eigenvalue weighted by atomic mass is 10.1. The molecule has 1 amide bonds. The molecule has 5 nitrogen and oxygen atoms in total. The summed E-state index contributed by atoms with van der Waals surface area (Å²) in [5, 5.41) is 4.29. The van der Waals surface area contributed by atoms with E-state index >= 15 is 0 Å². The third-order valence-electron chi connectivity index (χ3n) is 4.91. The van der Waals surface area contributed by atoms with Gasteiger partial charge in [-0.2, -0.15) is 18.3 Å². The van der Waals surface area contributed by atoms with Crippen molar-refractivity contribution < 1.29 is 22.7 Å². The van der Waals surface area contributed by atoms with Crippen molar-refractivity contribution in [1.82, 2.24) is 14.7 Å². The predicted octanol–water partition coefficient (Wildman–Crippen LogP) is 5.19. The zero-order valence-electron chi connectivity index (χ0n) is 17.2. The number of benzene rings is 2. The molecule has 3 aromatic rings. The Hall–Kier alpha value is -2.81. The number of hydrogen-bond acceptors (Lipinski definition) is 3. The summed E-state index contributed by atoms with van der Waals surface area (Å²) in [5.41, 5.74) is 1.62. The van der Waals surface area contributed by atoms with E-state index in [-0.39, 0.29) is 5.91 Å². The number of methoxy groups -OCH3 is 1. The van der Waals surface area contributed by atoms with Crippen LogP contribution in [0.5, 0.6) is 5.75 Å². The van der Waals surface area contributed by atoms with Crippen molar-refractivity contribution in [3.8, 4) is 17.0 Å². The fourth-order valence-electron chi connectivity index (χ4n) is 3.10. The minimum absolute atomic E-state index is 0.222. The van der Waals surface area contributed by atoms with Crippen molar-refractivity contribution in [3.05, 3.63) is 69.8 Å². The second-order valence-electron chi connectivity index (χ2n) is 7.06. The predicted molar refractivity (Wildman–Crippen MR) is 115 cm³/mol. The molecule has 0 bridgehead atoms. The summed E-state index contributed by atoms with van der Waals surface area (Å²) in [4.78, 5) is 14.5. The van der Waals surface area contributed by atoms with Crippen molar-refractivity contribution in [2.45, 2.75) is 12.6 Å². The first-order valence-corrected chi connectivity index (χ1v) is 10.2. The maximum Gasteiger partial charge on any atom is 0.416 e. The first-order chi connectivity index (χ1) is 14.6. The molecule has 0 aliphatic carbocycles. The molecule has 1 heterocycles. The quantitative estimate of drug-likeness (QED) is 0.472. The number of rotatable bonds is 6. The van der Waals surface area contributed by atoms with Crippen LogP contribution in [-0.2, 0) is 19.6 Å². The van der Waals surface area contributed by atoms with Gasteiger partial charge in [-0.1, -0.05) is 18.2 Å². The maximum absolute atomic E-state index is 12.9. The third kappa shape index (κ3) is 5.28. The molecule has 0 atom stereocenters. The summed E-state index contributed by atoms with van der Waals surface area (Å²) < 4.78 is 45.8. The van der Waals surface area contributed by atoms with Gasteiger partial charge in [0.25, 0.3) is 5.91 Å². The Labute approximate surface area is 186 Å². The van der Waals surface area contributed by atoms with E-state index in [1.807, 2.05) is 18.2 Å². The Morgan fingerprint density at radius 1 is 1.16 bits per heavy atom. The first kappa shape index (κ1) is 22.9. The van der Waals surface area contributed by atoms with Crippen LogP contribution in [0.15, 0.2) is 53.0 Å². The molecular formula is C22H21BrF3N3O2. The number of nitrogens with zero attached hydrogens (tertiary/aromatic N) is 3. The van der Waals surface area contributed by atoms with E-state index in [1.165, 1.54) is 16.8 Å². The summed E-state index contributed by atoms with van der Waals surface area (Å²) in [7, 11) is 4.93. The molecule has 3 rings (SSSR count). The molecule has 0 saturated heterocycles. The number of hydrogen-bond donors (Lipinski definition) is 0. The maximum atomic E-state index is 12.9. The molecule has 9 heteroatoms. The van der Waals surface area contributed by atoms with E-state index < -0.39 is 11.7 Å². The number of aryl methyl sites for hydroxylation is 1. The Morgan fingerprint density at radius 3 is 2.42 bits per heavy atom. The summed E-state index contributed by atoms with van der Waals surface area (Å²) in [6.45, 7) is 0.485. The Kier molecular flexibility index (Phi) is 6.74. The number of ether oxygens (including phenoxy) is 1.